The Kier molecular flexibility index (Phi) is 3.73. The number of carbonyl (C=O) groups excluding carboxylic acids is 1. The highest BCUT2D eigenvalue weighted by molar-refractivity contribution is 5.79. The fraction of sp³-hybridized carbons (Fsp3) is 0.375. The van der Waals surface area contributed by atoms with Crippen molar-refractivity contribution in [3.63, 3.8) is 0 Å². The van der Waals surface area contributed by atoms with Gasteiger partial charge < -0.3 is 9.42 Å². The van der Waals surface area contributed by atoms with Gasteiger partial charge in [-0.25, -0.2) is 4.39 Å². The van der Waals surface area contributed by atoms with Gasteiger partial charge in [0.2, 0.25) is 5.91 Å². The van der Waals surface area contributed by atoms with Gasteiger partial charge >= 0.3 is 0 Å². The highest BCUT2D eigenvalue weighted by Gasteiger charge is 2.32. The van der Waals surface area contributed by atoms with Gasteiger partial charge in [0.25, 0.3) is 0 Å². The Labute approximate surface area is 122 Å². The number of carbonyl (C=O) groups is 1. The highest BCUT2D eigenvalue weighted by Crippen LogP contribution is 2.32. The molecule has 1 saturated heterocycles. The maximum Gasteiger partial charge on any atom is 0.227 e. The van der Waals surface area contributed by atoms with Crippen molar-refractivity contribution in [2.24, 2.45) is 0 Å². The number of aryl methyl sites for hydroxylation is 1. The van der Waals surface area contributed by atoms with E-state index in [1.807, 2.05) is 13.0 Å². The molecule has 1 fully saturated rings. The van der Waals surface area contributed by atoms with Crippen LogP contribution < -0.4 is 0 Å². The molecule has 0 N–H and O–H groups in total. The Bertz CT molecular complexity index is 653. The maximum atomic E-state index is 13.7. The van der Waals surface area contributed by atoms with Crippen LogP contribution in [0.5, 0.6) is 0 Å². The molecular formula is C16H17FN2O2. The molecule has 2 aromatic rings. The number of rotatable bonds is 3. The second kappa shape index (κ2) is 5.68. The van der Waals surface area contributed by atoms with Crippen molar-refractivity contribution in [2.45, 2.75) is 32.2 Å². The smallest absolute Gasteiger partial charge is 0.227 e. The molecule has 5 heteroatoms. The summed E-state index contributed by atoms with van der Waals surface area (Å²) >= 11 is 0. The molecule has 21 heavy (non-hydrogen) atoms. The summed E-state index contributed by atoms with van der Waals surface area (Å²) in [6.07, 6.45) is 1.88. The first kappa shape index (κ1) is 13.8. The number of amides is 1. The number of hydrogen-bond acceptors (Lipinski definition) is 3. The first-order valence-electron chi connectivity index (χ1n) is 7.11. The number of likely N-dealkylation sites (tertiary alicyclic amines) is 1. The van der Waals surface area contributed by atoms with Crippen molar-refractivity contribution in [2.75, 3.05) is 6.54 Å². The van der Waals surface area contributed by atoms with Crippen LogP contribution in [0.4, 0.5) is 4.39 Å². The molecule has 1 aliphatic rings. The minimum absolute atomic E-state index is 0.0540. The van der Waals surface area contributed by atoms with Gasteiger partial charge in [-0.1, -0.05) is 23.4 Å². The molecule has 1 amide bonds. The van der Waals surface area contributed by atoms with Gasteiger partial charge in [-0.3, -0.25) is 4.79 Å². The van der Waals surface area contributed by atoms with Crippen LogP contribution in [0.15, 0.2) is 34.9 Å². The number of nitrogens with zero attached hydrogens (tertiary/aromatic N) is 2. The van der Waals surface area contributed by atoms with Gasteiger partial charge in [0.1, 0.15) is 17.3 Å². The first-order chi connectivity index (χ1) is 10.1. The third-order valence-electron chi connectivity index (χ3n) is 3.86. The van der Waals surface area contributed by atoms with Gasteiger partial charge in [-0.05, 0) is 31.4 Å². The summed E-state index contributed by atoms with van der Waals surface area (Å²) in [6.45, 7) is 2.51. The summed E-state index contributed by atoms with van der Waals surface area (Å²) in [5, 5.41) is 4.01. The van der Waals surface area contributed by atoms with E-state index in [1.54, 1.807) is 23.1 Å². The first-order valence-corrected chi connectivity index (χ1v) is 7.11. The van der Waals surface area contributed by atoms with Gasteiger partial charge in [-0.2, -0.15) is 0 Å². The van der Waals surface area contributed by atoms with E-state index < -0.39 is 0 Å². The van der Waals surface area contributed by atoms with Gasteiger partial charge in [0.15, 0.2) is 0 Å². The normalized spacial score (nSPS) is 18.2. The van der Waals surface area contributed by atoms with Crippen LogP contribution in [0, 0.1) is 12.7 Å². The Morgan fingerprint density at radius 3 is 3.00 bits per heavy atom. The zero-order chi connectivity index (χ0) is 14.8. The highest BCUT2D eigenvalue weighted by atomic mass is 19.1. The van der Waals surface area contributed by atoms with Crippen molar-refractivity contribution in [3.8, 4) is 0 Å². The predicted octanol–water partition coefficient (Wildman–Crippen LogP) is 3.03. The van der Waals surface area contributed by atoms with Crippen LogP contribution in [0.25, 0.3) is 0 Å². The summed E-state index contributed by atoms with van der Waals surface area (Å²) in [5.74, 6) is 0.334. The third kappa shape index (κ3) is 2.82. The van der Waals surface area contributed by atoms with Crippen LogP contribution in [0.3, 0.4) is 0 Å². The molecule has 1 aromatic heterocycles. The molecule has 0 unspecified atom stereocenters. The number of hydrogen-bond donors (Lipinski definition) is 0. The van der Waals surface area contributed by atoms with Crippen molar-refractivity contribution >= 4 is 5.91 Å². The average Bonchev–Trinajstić information content (AvgIpc) is 3.09. The predicted molar refractivity (Wildman–Crippen MR) is 75.0 cm³/mol. The van der Waals surface area contributed by atoms with Gasteiger partial charge in [0, 0.05) is 12.6 Å². The van der Waals surface area contributed by atoms with E-state index in [9.17, 15) is 9.18 Å². The lowest BCUT2D eigenvalue weighted by atomic mass is 10.1. The SMILES string of the molecule is Cc1cc([C@@H]2CCCN2C(=O)Cc2ccccc2F)no1. The summed E-state index contributed by atoms with van der Waals surface area (Å²) in [6, 6.07) is 8.21. The summed E-state index contributed by atoms with van der Waals surface area (Å²) in [7, 11) is 0. The largest absolute Gasteiger partial charge is 0.361 e. The van der Waals surface area contributed by atoms with E-state index in [0.29, 0.717) is 12.1 Å². The summed E-state index contributed by atoms with van der Waals surface area (Å²) < 4.78 is 18.8. The zero-order valence-corrected chi connectivity index (χ0v) is 11.9. The van der Waals surface area contributed by atoms with Crippen molar-refractivity contribution in [3.05, 3.63) is 53.2 Å². The monoisotopic (exact) mass is 288 g/mol. The Hall–Kier alpha value is -2.17. The van der Waals surface area contributed by atoms with E-state index >= 15 is 0 Å². The standard InChI is InChI=1S/C16H17FN2O2/c1-11-9-14(18-21-11)15-7-4-8-19(15)16(20)10-12-5-2-3-6-13(12)17/h2-3,5-6,9,15H,4,7-8,10H2,1H3/t15-/m0/s1. The molecule has 1 aromatic carbocycles. The van der Waals surface area contributed by atoms with Crippen molar-refractivity contribution in [1.29, 1.82) is 0 Å². The Morgan fingerprint density at radius 2 is 2.29 bits per heavy atom. The van der Waals surface area contributed by atoms with Crippen molar-refractivity contribution in [1.82, 2.24) is 10.1 Å². The van der Waals surface area contributed by atoms with E-state index in [-0.39, 0.29) is 24.2 Å². The maximum absolute atomic E-state index is 13.7. The lowest BCUT2D eigenvalue weighted by Crippen LogP contribution is -2.32. The van der Waals surface area contributed by atoms with E-state index in [4.69, 9.17) is 4.52 Å². The van der Waals surface area contributed by atoms with E-state index in [2.05, 4.69) is 5.16 Å². The molecule has 0 bridgehead atoms. The lowest BCUT2D eigenvalue weighted by Gasteiger charge is -2.23. The van der Waals surface area contributed by atoms with Crippen molar-refractivity contribution < 1.29 is 13.7 Å². The molecule has 0 saturated carbocycles. The quantitative estimate of drug-likeness (QED) is 0.872. The van der Waals surface area contributed by atoms with Crippen LogP contribution in [0.2, 0.25) is 0 Å². The van der Waals surface area contributed by atoms with Crippen LogP contribution in [-0.4, -0.2) is 22.5 Å². The molecule has 1 aliphatic heterocycles. The zero-order valence-electron chi connectivity index (χ0n) is 11.9. The topological polar surface area (TPSA) is 46.3 Å². The summed E-state index contributed by atoms with van der Waals surface area (Å²) in [5.41, 5.74) is 1.22. The molecular weight excluding hydrogens is 271 g/mol. The Morgan fingerprint density at radius 1 is 1.48 bits per heavy atom. The molecule has 0 radical (unpaired) electrons. The molecule has 4 nitrogen and oxygen atoms in total. The lowest BCUT2D eigenvalue weighted by molar-refractivity contribution is -0.131. The average molecular weight is 288 g/mol. The molecule has 2 heterocycles. The second-order valence-electron chi connectivity index (χ2n) is 5.38. The minimum Gasteiger partial charge on any atom is -0.361 e. The minimum atomic E-state index is -0.334. The Balaban J connectivity index is 1.76. The fourth-order valence-electron chi connectivity index (χ4n) is 2.82. The molecule has 3 rings (SSSR count). The molecule has 1 atom stereocenters. The van der Waals surface area contributed by atoms with Gasteiger partial charge in [-0.15, -0.1) is 0 Å². The molecule has 110 valence electrons. The van der Waals surface area contributed by atoms with Crippen LogP contribution in [0.1, 0.15) is 35.9 Å². The molecule has 0 aliphatic carbocycles. The molecule has 0 spiro atoms. The second-order valence-corrected chi connectivity index (χ2v) is 5.38. The number of benzene rings is 1. The fourth-order valence-corrected chi connectivity index (χ4v) is 2.82. The van der Waals surface area contributed by atoms with Crippen LogP contribution in [-0.2, 0) is 11.2 Å². The van der Waals surface area contributed by atoms with E-state index in [0.717, 1.165) is 24.3 Å². The van der Waals surface area contributed by atoms with Crippen LogP contribution >= 0.6 is 0 Å². The number of halogens is 1. The third-order valence-corrected chi connectivity index (χ3v) is 3.86. The van der Waals surface area contributed by atoms with E-state index in [1.165, 1.54) is 6.07 Å². The summed E-state index contributed by atoms with van der Waals surface area (Å²) in [4.78, 5) is 14.2. The van der Waals surface area contributed by atoms with Gasteiger partial charge in [0.05, 0.1) is 12.5 Å². The number of aromatic nitrogens is 1.